The normalized spacial score (nSPS) is 13.4. The average Bonchev–Trinajstić information content (AvgIpc) is 2.39. The number of rotatable bonds is 8. The molecule has 1 aromatic carbocycles. The first-order valence-electron chi connectivity index (χ1n) is 6.15. The molecule has 0 heterocycles. The van der Waals surface area contributed by atoms with Crippen molar-refractivity contribution in [3.63, 3.8) is 0 Å². The van der Waals surface area contributed by atoms with E-state index in [9.17, 15) is 17.2 Å². The molecule has 5 nitrogen and oxygen atoms in total. The van der Waals surface area contributed by atoms with E-state index >= 15 is 0 Å². The van der Waals surface area contributed by atoms with Crippen molar-refractivity contribution >= 4 is 21.6 Å². The van der Waals surface area contributed by atoms with Gasteiger partial charge in [-0.1, -0.05) is 18.5 Å². The number of nitrogens with one attached hydrogen (secondary N) is 2. The smallest absolute Gasteiger partial charge is 0.387 e. The molecule has 0 saturated carbocycles. The summed E-state index contributed by atoms with van der Waals surface area (Å²) < 4.78 is 54.9. The number of alkyl halides is 2. The molecule has 2 N–H and O–H groups in total. The summed E-state index contributed by atoms with van der Waals surface area (Å²) in [6.45, 7) is -0.239. The SMILES string of the molecule is CNCC(C)CNS(=O)(=O)c1ccc(OC(F)F)c(Cl)c1. The summed E-state index contributed by atoms with van der Waals surface area (Å²) in [6.07, 6.45) is 0. The fraction of sp³-hybridized carbons (Fsp3) is 0.500. The van der Waals surface area contributed by atoms with E-state index in [4.69, 9.17) is 11.6 Å². The predicted octanol–water partition coefficient (Wildman–Crippen LogP) is 2.08. The van der Waals surface area contributed by atoms with Gasteiger partial charge >= 0.3 is 6.61 Å². The van der Waals surface area contributed by atoms with Crippen LogP contribution >= 0.6 is 11.6 Å². The molecule has 0 fully saturated rings. The summed E-state index contributed by atoms with van der Waals surface area (Å²) in [5, 5.41) is 2.74. The molecule has 1 aromatic rings. The van der Waals surface area contributed by atoms with E-state index in [0.29, 0.717) is 6.54 Å². The maximum absolute atomic E-state index is 12.1. The molecular formula is C12H17ClF2N2O3S. The predicted molar refractivity (Wildman–Crippen MR) is 76.4 cm³/mol. The van der Waals surface area contributed by atoms with Gasteiger partial charge in [0.15, 0.2) is 0 Å². The Balaban J connectivity index is 2.82. The molecule has 120 valence electrons. The first-order valence-corrected chi connectivity index (χ1v) is 8.01. The van der Waals surface area contributed by atoms with Gasteiger partial charge in [0.2, 0.25) is 10.0 Å². The van der Waals surface area contributed by atoms with Crippen LogP contribution in [0.5, 0.6) is 5.75 Å². The van der Waals surface area contributed by atoms with Crippen molar-refractivity contribution in [1.82, 2.24) is 10.0 Å². The van der Waals surface area contributed by atoms with Crippen molar-refractivity contribution in [2.75, 3.05) is 20.1 Å². The number of benzene rings is 1. The van der Waals surface area contributed by atoms with Crippen LogP contribution in [0, 0.1) is 5.92 Å². The third kappa shape index (κ3) is 5.74. The molecule has 0 radical (unpaired) electrons. The Morgan fingerprint density at radius 2 is 2.00 bits per heavy atom. The zero-order valence-electron chi connectivity index (χ0n) is 11.6. The van der Waals surface area contributed by atoms with E-state index in [-0.39, 0.29) is 28.1 Å². The molecule has 0 spiro atoms. The lowest BCUT2D eigenvalue weighted by Gasteiger charge is -2.13. The molecule has 21 heavy (non-hydrogen) atoms. The van der Waals surface area contributed by atoms with Crippen LogP contribution in [-0.2, 0) is 10.0 Å². The summed E-state index contributed by atoms with van der Waals surface area (Å²) in [5.74, 6) is -0.171. The molecule has 0 aliphatic heterocycles. The van der Waals surface area contributed by atoms with Crippen molar-refractivity contribution in [2.45, 2.75) is 18.4 Å². The van der Waals surface area contributed by atoms with E-state index in [1.54, 1.807) is 7.05 Å². The van der Waals surface area contributed by atoms with Gasteiger partial charge < -0.3 is 10.1 Å². The van der Waals surface area contributed by atoms with Crippen molar-refractivity contribution < 1.29 is 21.9 Å². The van der Waals surface area contributed by atoms with Gasteiger partial charge in [0.05, 0.1) is 9.92 Å². The van der Waals surface area contributed by atoms with Crippen LogP contribution in [-0.4, -0.2) is 35.2 Å². The largest absolute Gasteiger partial charge is 0.433 e. The van der Waals surface area contributed by atoms with Crippen LogP contribution in [0.3, 0.4) is 0 Å². The monoisotopic (exact) mass is 342 g/mol. The molecule has 0 aromatic heterocycles. The number of halogens is 3. The Morgan fingerprint density at radius 3 is 2.52 bits per heavy atom. The van der Waals surface area contributed by atoms with Crippen molar-refractivity contribution in [3.05, 3.63) is 23.2 Å². The number of hydrogen-bond acceptors (Lipinski definition) is 4. The topological polar surface area (TPSA) is 67.4 Å². The summed E-state index contributed by atoms with van der Waals surface area (Å²) in [7, 11) is -1.98. The fourth-order valence-corrected chi connectivity index (χ4v) is 3.08. The van der Waals surface area contributed by atoms with Crippen LogP contribution in [0.25, 0.3) is 0 Å². The highest BCUT2D eigenvalue weighted by Gasteiger charge is 2.18. The second-order valence-corrected chi connectivity index (χ2v) is 6.66. The van der Waals surface area contributed by atoms with Crippen molar-refractivity contribution in [1.29, 1.82) is 0 Å². The first kappa shape index (κ1) is 18.1. The standard InChI is InChI=1S/C12H17ClF2N2O3S/c1-8(6-16-2)7-17-21(18,19)9-3-4-11(10(13)5-9)20-12(14)15/h3-5,8,12,16-17H,6-7H2,1-2H3. The zero-order valence-corrected chi connectivity index (χ0v) is 13.1. The Bertz CT molecular complexity index is 570. The fourth-order valence-electron chi connectivity index (χ4n) is 1.60. The number of ether oxygens (including phenoxy) is 1. The molecule has 0 aliphatic rings. The zero-order chi connectivity index (χ0) is 16.0. The van der Waals surface area contributed by atoms with Gasteiger partial charge in [-0.15, -0.1) is 0 Å². The quantitative estimate of drug-likeness (QED) is 0.759. The third-order valence-corrected chi connectivity index (χ3v) is 4.32. The van der Waals surface area contributed by atoms with Crippen molar-refractivity contribution in [3.8, 4) is 5.75 Å². The molecule has 9 heteroatoms. The van der Waals surface area contributed by atoms with E-state index in [1.165, 1.54) is 0 Å². The van der Waals surface area contributed by atoms with Crippen LogP contribution in [0.15, 0.2) is 23.1 Å². The second-order valence-electron chi connectivity index (χ2n) is 4.49. The Morgan fingerprint density at radius 1 is 1.33 bits per heavy atom. The molecule has 0 bridgehead atoms. The molecule has 0 aliphatic carbocycles. The van der Waals surface area contributed by atoms with E-state index in [2.05, 4.69) is 14.8 Å². The lowest BCUT2D eigenvalue weighted by molar-refractivity contribution is -0.0498. The molecule has 0 saturated heterocycles. The van der Waals surface area contributed by atoms with Crippen LogP contribution in [0.1, 0.15) is 6.92 Å². The van der Waals surface area contributed by atoms with Crippen LogP contribution < -0.4 is 14.8 Å². The lowest BCUT2D eigenvalue weighted by atomic mass is 10.2. The minimum absolute atomic E-state index is 0.0988. The van der Waals surface area contributed by atoms with Gasteiger partial charge in [-0.05, 0) is 37.7 Å². The maximum atomic E-state index is 12.1. The van der Waals surface area contributed by atoms with Gasteiger partial charge in [0, 0.05) is 6.54 Å². The minimum Gasteiger partial charge on any atom is -0.433 e. The highest BCUT2D eigenvalue weighted by atomic mass is 35.5. The molecule has 1 unspecified atom stereocenters. The minimum atomic E-state index is -3.75. The van der Waals surface area contributed by atoms with Crippen molar-refractivity contribution in [2.24, 2.45) is 5.92 Å². The Labute approximate surface area is 127 Å². The van der Waals surface area contributed by atoms with E-state index < -0.39 is 16.6 Å². The van der Waals surface area contributed by atoms with Gasteiger partial charge in [-0.25, -0.2) is 13.1 Å². The maximum Gasteiger partial charge on any atom is 0.387 e. The van der Waals surface area contributed by atoms with Crippen LogP contribution in [0.4, 0.5) is 8.78 Å². The summed E-state index contributed by atoms with van der Waals surface area (Å²) in [5.41, 5.74) is 0. The van der Waals surface area contributed by atoms with Gasteiger partial charge in [-0.3, -0.25) is 0 Å². The Hall–Kier alpha value is -0.960. The molecule has 0 amide bonds. The van der Waals surface area contributed by atoms with Gasteiger partial charge in [0.25, 0.3) is 0 Å². The van der Waals surface area contributed by atoms with E-state index in [0.717, 1.165) is 18.2 Å². The Kier molecular flexibility index (Phi) is 6.79. The molecular weight excluding hydrogens is 326 g/mol. The summed E-state index contributed by atoms with van der Waals surface area (Å²) in [6, 6.07) is 3.33. The average molecular weight is 343 g/mol. The highest BCUT2D eigenvalue weighted by molar-refractivity contribution is 7.89. The van der Waals surface area contributed by atoms with Crippen LogP contribution in [0.2, 0.25) is 5.02 Å². The summed E-state index contributed by atoms with van der Waals surface area (Å²) >= 11 is 5.73. The third-order valence-electron chi connectivity index (χ3n) is 2.60. The molecule has 1 atom stereocenters. The number of sulfonamides is 1. The van der Waals surface area contributed by atoms with Gasteiger partial charge in [0.1, 0.15) is 5.75 Å². The highest BCUT2D eigenvalue weighted by Crippen LogP contribution is 2.28. The van der Waals surface area contributed by atoms with E-state index in [1.807, 2.05) is 6.92 Å². The lowest BCUT2D eigenvalue weighted by Crippen LogP contribution is -2.32. The molecule has 1 rings (SSSR count). The second kappa shape index (κ2) is 7.88. The number of hydrogen-bond donors (Lipinski definition) is 2. The first-order chi connectivity index (χ1) is 9.76. The summed E-state index contributed by atoms with van der Waals surface area (Å²) in [4.78, 5) is -0.106. The van der Waals surface area contributed by atoms with Gasteiger partial charge in [-0.2, -0.15) is 8.78 Å².